The summed E-state index contributed by atoms with van der Waals surface area (Å²) in [5.74, 6) is -0.362. The van der Waals surface area contributed by atoms with Gasteiger partial charge in [0.15, 0.2) is 0 Å². The van der Waals surface area contributed by atoms with Crippen molar-refractivity contribution in [3.05, 3.63) is 35.4 Å². The molecule has 1 N–H and O–H groups in total. The Morgan fingerprint density at radius 3 is 2.58 bits per heavy atom. The van der Waals surface area contributed by atoms with Crippen LogP contribution in [0.25, 0.3) is 0 Å². The van der Waals surface area contributed by atoms with Gasteiger partial charge in [-0.25, -0.2) is 5.01 Å². The minimum atomic E-state index is -4.38. The molecule has 6 heteroatoms. The third kappa shape index (κ3) is 3.26. The van der Waals surface area contributed by atoms with Gasteiger partial charge in [-0.3, -0.25) is 10.2 Å². The number of benzene rings is 1. The van der Waals surface area contributed by atoms with Crippen LogP contribution in [0.3, 0.4) is 0 Å². The molecule has 1 aromatic carbocycles. The van der Waals surface area contributed by atoms with Crippen molar-refractivity contribution in [3.63, 3.8) is 0 Å². The maximum absolute atomic E-state index is 13.1. The molecule has 104 valence electrons. The van der Waals surface area contributed by atoms with Gasteiger partial charge in [0.2, 0.25) is 5.91 Å². The summed E-state index contributed by atoms with van der Waals surface area (Å²) in [7, 11) is 0. The quantitative estimate of drug-likeness (QED) is 0.915. The second kappa shape index (κ2) is 5.21. The lowest BCUT2D eigenvalue weighted by molar-refractivity contribution is -0.187. The number of nitrogens with one attached hydrogen (secondary N) is 1. The van der Waals surface area contributed by atoms with Gasteiger partial charge in [0.1, 0.15) is 6.04 Å². The highest BCUT2D eigenvalue weighted by Crippen LogP contribution is 2.29. The fourth-order valence-electron chi connectivity index (χ4n) is 2.18. The van der Waals surface area contributed by atoms with Crippen LogP contribution >= 0.6 is 0 Å². The molecule has 0 bridgehead atoms. The number of nitrogens with zero attached hydrogens (tertiary/aromatic N) is 1. The van der Waals surface area contributed by atoms with Crippen LogP contribution in [-0.2, 0) is 11.2 Å². The van der Waals surface area contributed by atoms with Crippen molar-refractivity contribution in [2.24, 2.45) is 0 Å². The zero-order chi connectivity index (χ0) is 14.0. The van der Waals surface area contributed by atoms with Gasteiger partial charge in [0.05, 0.1) is 0 Å². The van der Waals surface area contributed by atoms with Crippen LogP contribution < -0.4 is 5.43 Å². The molecule has 1 heterocycles. The molecule has 1 unspecified atom stereocenters. The molecule has 19 heavy (non-hydrogen) atoms. The number of halogens is 3. The van der Waals surface area contributed by atoms with Gasteiger partial charge >= 0.3 is 6.18 Å². The molecule has 1 aliphatic rings. The zero-order valence-electron chi connectivity index (χ0n) is 10.5. The minimum Gasteiger partial charge on any atom is -0.288 e. The summed E-state index contributed by atoms with van der Waals surface area (Å²) in [5.41, 5.74) is 3.74. The molecule has 0 aliphatic carbocycles. The van der Waals surface area contributed by atoms with Gasteiger partial charge in [-0.15, -0.1) is 0 Å². The van der Waals surface area contributed by atoms with E-state index >= 15 is 0 Å². The Balaban J connectivity index is 2.20. The van der Waals surface area contributed by atoms with Crippen molar-refractivity contribution in [1.82, 2.24) is 10.4 Å². The molecule has 2 rings (SSSR count). The number of hydrazine groups is 1. The average Bonchev–Trinajstić information content (AvgIpc) is 2.73. The molecule has 1 fully saturated rings. The van der Waals surface area contributed by atoms with Crippen LogP contribution in [0.15, 0.2) is 24.3 Å². The van der Waals surface area contributed by atoms with E-state index in [4.69, 9.17) is 0 Å². The maximum atomic E-state index is 13.1. The molecule has 1 aliphatic heterocycles. The SMILES string of the molecule is Cc1ccccc1CC(N1CCC(=O)N1)C(F)(F)F. The van der Waals surface area contributed by atoms with Crippen molar-refractivity contribution in [2.75, 3.05) is 6.54 Å². The van der Waals surface area contributed by atoms with Crippen LogP contribution in [-0.4, -0.2) is 29.7 Å². The van der Waals surface area contributed by atoms with Crippen LogP contribution in [0, 0.1) is 6.92 Å². The smallest absolute Gasteiger partial charge is 0.288 e. The van der Waals surface area contributed by atoms with Crippen molar-refractivity contribution in [2.45, 2.75) is 32.0 Å². The highest BCUT2D eigenvalue weighted by Gasteiger charge is 2.45. The predicted molar refractivity (Wildman–Crippen MR) is 64.2 cm³/mol. The standard InChI is InChI=1S/C13H15F3N2O/c1-9-4-2-3-5-10(9)8-11(13(14,15)16)18-7-6-12(19)17-18/h2-5,11H,6-8H2,1H3,(H,17,19). The second-order valence-corrected chi connectivity index (χ2v) is 4.67. The fourth-order valence-corrected chi connectivity index (χ4v) is 2.18. The molecule has 0 aromatic heterocycles. The Morgan fingerprint density at radius 2 is 2.05 bits per heavy atom. The van der Waals surface area contributed by atoms with Gasteiger partial charge in [-0.05, 0) is 24.5 Å². The van der Waals surface area contributed by atoms with Gasteiger partial charge < -0.3 is 0 Å². The average molecular weight is 272 g/mol. The highest BCUT2D eigenvalue weighted by molar-refractivity contribution is 5.77. The summed E-state index contributed by atoms with van der Waals surface area (Å²) in [6, 6.07) is 5.30. The summed E-state index contributed by atoms with van der Waals surface area (Å²) >= 11 is 0. The number of alkyl halides is 3. The molecule has 0 saturated carbocycles. The normalized spacial score (nSPS) is 18.4. The Labute approximate surface area is 109 Å². The first-order chi connectivity index (χ1) is 8.88. The van der Waals surface area contributed by atoms with E-state index in [2.05, 4.69) is 5.43 Å². The summed E-state index contributed by atoms with van der Waals surface area (Å²) in [6.07, 6.45) is -4.42. The van der Waals surface area contributed by atoms with Gasteiger partial charge in [-0.2, -0.15) is 13.2 Å². The molecule has 0 radical (unpaired) electrons. The number of hydrogen-bond donors (Lipinski definition) is 1. The molecular formula is C13H15F3N2O. The summed E-state index contributed by atoms with van der Waals surface area (Å²) in [4.78, 5) is 11.1. The second-order valence-electron chi connectivity index (χ2n) is 4.67. The van der Waals surface area contributed by atoms with Gasteiger partial charge in [0, 0.05) is 13.0 Å². The first kappa shape index (κ1) is 13.9. The van der Waals surface area contributed by atoms with Crippen molar-refractivity contribution >= 4 is 5.91 Å². The highest BCUT2D eigenvalue weighted by atomic mass is 19.4. The van der Waals surface area contributed by atoms with Gasteiger partial charge in [-0.1, -0.05) is 24.3 Å². The Hall–Kier alpha value is -1.56. The van der Waals surface area contributed by atoms with E-state index in [0.29, 0.717) is 5.56 Å². The molecule has 1 atom stereocenters. The Morgan fingerprint density at radius 1 is 1.37 bits per heavy atom. The number of rotatable bonds is 3. The lowest BCUT2D eigenvalue weighted by Gasteiger charge is -2.29. The minimum absolute atomic E-state index is 0.0922. The number of amides is 1. The van der Waals surface area contributed by atoms with E-state index < -0.39 is 12.2 Å². The molecule has 1 aromatic rings. The Bertz CT molecular complexity index is 473. The van der Waals surface area contributed by atoms with Crippen molar-refractivity contribution < 1.29 is 18.0 Å². The first-order valence-corrected chi connectivity index (χ1v) is 6.05. The third-order valence-electron chi connectivity index (χ3n) is 3.28. The van der Waals surface area contributed by atoms with E-state index in [1.807, 2.05) is 0 Å². The molecular weight excluding hydrogens is 257 g/mol. The molecule has 3 nitrogen and oxygen atoms in total. The van der Waals surface area contributed by atoms with E-state index in [0.717, 1.165) is 10.6 Å². The van der Waals surface area contributed by atoms with E-state index in [1.54, 1.807) is 31.2 Å². The monoisotopic (exact) mass is 272 g/mol. The molecule has 1 saturated heterocycles. The lowest BCUT2D eigenvalue weighted by atomic mass is 10.0. The van der Waals surface area contributed by atoms with Crippen molar-refractivity contribution in [1.29, 1.82) is 0 Å². The number of carbonyl (C=O) groups is 1. The fraction of sp³-hybridized carbons (Fsp3) is 0.462. The molecule has 1 amide bonds. The van der Waals surface area contributed by atoms with E-state index in [1.165, 1.54) is 0 Å². The number of carbonyl (C=O) groups excluding carboxylic acids is 1. The third-order valence-corrected chi connectivity index (χ3v) is 3.28. The summed E-state index contributed by atoms with van der Waals surface area (Å²) in [5, 5.41) is 0.995. The van der Waals surface area contributed by atoms with Crippen molar-refractivity contribution in [3.8, 4) is 0 Å². The van der Waals surface area contributed by atoms with E-state index in [9.17, 15) is 18.0 Å². The van der Waals surface area contributed by atoms with Crippen LogP contribution in [0.1, 0.15) is 17.5 Å². The largest absolute Gasteiger partial charge is 0.406 e. The topological polar surface area (TPSA) is 32.3 Å². The maximum Gasteiger partial charge on any atom is 0.406 e. The first-order valence-electron chi connectivity index (χ1n) is 6.05. The van der Waals surface area contributed by atoms with Gasteiger partial charge in [0.25, 0.3) is 0 Å². The Kier molecular flexibility index (Phi) is 3.80. The number of hydrogen-bond acceptors (Lipinski definition) is 2. The van der Waals surface area contributed by atoms with Crippen LogP contribution in [0.5, 0.6) is 0 Å². The van der Waals surface area contributed by atoms with Crippen LogP contribution in [0.4, 0.5) is 13.2 Å². The lowest BCUT2D eigenvalue weighted by Crippen LogP contribution is -2.51. The zero-order valence-corrected chi connectivity index (χ0v) is 10.5. The number of aryl methyl sites for hydroxylation is 1. The summed E-state index contributed by atoms with van der Waals surface area (Å²) in [6.45, 7) is 1.88. The van der Waals surface area contributed by atoms with Crippen LogP contribution in [0.2, 0.25) is 0 Å². The predicted octanol–water partition coefficient (Wildman–Crippen LogP) is 2.21. The summed E-state index contributed by atoms with van der Waals surface area (Å²) < 4.78 is 39.4. The van der Waals surface area contributed by atoms with E-state index in [-0.39, 0.29) is 25.3 Å². The molecule has 0 spiro atoms.